The highest BCUT2D eigenvalue weighted by Gasteiger charge is 2.24. The maximum Gasteiger partial charge on any atom is 0.191 e. The number of methoxy groups -OCH3 is 2. The van der Waals surface area contributed by atoms with Crippen LogP contribution in [-0.2, 0) is 9.47 Å². The number of rotatable bonds is 13. The van der Waals surface area contributed by atoms with Crippen LogP contribution < -0.4 is 20.1 Å². The van der Waals surface area contributed by atoms with Gasteiger partial charge in [-0.3, -0.25) is 9.89 Å². The van der Waals surface area contributed by atoms with Gasteiger partial charge in [-0.2, -0.15) is 0 Å². The minimum atomic E-state index is 0.166. The smallest absolute Gasteiger partial charge is 0.191 e. The van der Waals surface area contributed by atoms with Crippen LogP contribution in [-0.4, -0.2) is 84.7 Å². The topological polar surface area (TPSA) is 76.6 Å². The van der Waals surface area contributed by atoms with Gasteiger partial charge in [-0.05, 0) is 30.5 Å². The molecule has 1 saturated heterocycles. The van der Waals surface area contributed by atoms with E-state index < -0.39 is 0 Å². The number of ether oxygens (including phenoxy) is 4. The Morgan fingerprint density at radius 3 is 2.52 bits per heavy atom. The SMILES string of the molecule is CCCCOCCCNC(=NC)NCC(c1ccc(OC)c(OC)c1)N1CCOCC1. The molecule has 2 N–H and O–H groups in total. The van der Waals surface area contributed by atoms with Gasteiger partial charge in [0.25, 0.3) is 0 Å². The van der Waals surface area contributed by atoms with E-state index in [1.54, 1.807) is 21.3 Å². The summed E-state index contributed by atoms with van der Waals surface area (Å²) in [6, 6.07) is 6.30. The van der Waals surface area contributed by atoms with Crippen molar-refractivity contribution in [2.24, 2.45) is 4.99 Å². The fraction of sp³-hybridized carbons (Fsp3) is 0.696. The molecule has 1 aliphatic rings. The summed E-state index contributed by atoms with van der Waals surface area (Å²) in [7, 11) is 5.12. The quantitative estimate of drug-likeness (QED) is 0.279. The molecule has 0 aromatic heterocycles. The highest BCUT2D eigenvalue weighted by molar-refractivity contribution is 5.79. The molecule has 0 amide bonds. The third kappa shape index (κ3) is 8.55. The maximum atomic E-state index is 5.62. The molecule has 176 valence electrons. The molecule has 1 aromatic carbocycles. The summed E-state index contributed by atoms with van der Waals surface area (Å²) < 4.78 is 22.1. The lowest BCUT2D eigenvalue weighted by atomic mass is 10.0. The van der Waals surface area contributed by atoms with Crippen LogP contribution in [0.5, 0.6) is 11.5 Å². The van der Waals surface area contributed by atoms with E-state index in [2.05, 4.69) is 39.6 Å². The van der Waals surface area contributed by atoms with Gasteiger partial charge >= 0.3 is 0 Å². The Morgan fingerprint density at radius 1 is 1.10 bits per heavy atom. The normalized spacial score (nSPS) is 16.1. The van der Waals surface area contributed by atoms with Crippen molar-refractivity contribution in [3.8, 4) is 11.5 Å². The van der Waals surface area contributed by atoms with Gasteiger partial charge in [0.15, 0.2) is 17.5 Å². The number of nitrogens with zero attached hydrogens (tertiary/aromatic N) is 2. The number of nitrogens with one attached hydrogen (secondary N) is 2. The molecule has 0 spiro atoms. The fourth-order valence-corrected chi connectivity index (χ4v) is 3.55. The third-order valence-corrected chi connectivity index (χ3v) is 5.37. The number of hydrogen-bond acceptors (Lipinski definition) is 6. The van der Waals surface area contributed by atoms with E-state index in [0.717, 1.165) is 82.9 Å². The molecule has 1 heterocycles. The van der Waals surface area contributed by atoms with Crippen LogP contribution >= 0.6 is 0 Å². The minimum Gasteiger partial charge on any atom is -0.493 e. The molecule has 0 aliphatic carbocycles. The van der Waals surface area contributed by atoms with Gasteiger partial charge in [0.05, 0.1) is 33.5 Å². The average Bonchev–Trinajstić information content (AvgIpc) is 2.82. The van der Waals surface area contributed by atoms with E-state index in [1.165, 1.54) is 12.0 Å². The predicted octanol–water partition coefficient (Wildman–Crippen LogP) is 2.45. The second-order valence-electron chi connectivity index (χ2n) is 7.48. The van der Waals surface area contributed by atoms with Gasteiger partial charge in [0.1, 0.15) is 0 Å². The molecule has 1 aromatic rings. The Bertz CT molecular complexity index is 650. The fourth-order valence-electron chi connectivity index (χ4n) is 3.55. The summed E-state index contributed by atoms with van der Waals surface area (Å²) in [6.07, 6.45) is 3.24. The monoisotopic (exact) mass is 436 g/mol. The molecule has 8 heteroatoms. The highest BCUT2D eigenvalue weighted by Crippen LogP contribution is 2.32. The number of aliphatic imine (C=N–C) groups is 1. The Labute approximate surface area is 187 Å². The van der Waals surface area contributed by atoms with Crippen LogP contribution in [0.2, 0.25) is 0 Å². The molecular weight excluding hydrogens is 396 g/mol. The van der Waals surface area contributed by atoms with Crippen molar-refractivity contribution < 1.29 is 18.9 Å². The lowest BCUT2D eigenvalue weighted by Crippen LogP contribution is -2.46. The van der Waals surface area contributed by atoms with Crippen LogP contribution in [0.3, 0.4) is 0 Å². The summed E-state index contributed by atoms with van der Waals surface area (Å²) >= 11 is 0. The third-order valence-electron chi connectivity index (χ3n) is 5.37. The zero-order valence-electron chi connectivity index (χ0n) is 19.6. The summed E-state index contributed by atoms with van der Waals surface area (Å²) in [5, 5.41) is 6.87. The summed E-state index contributed by atoms with van der Waals surface area (Å²) in [5.74, 6) is 2.27. The minimum absolute atomic E-state index is 0.166. The van der Waals surface area contributed by atoms with Gasteiger partial charge in [-0.1, -0.05) is 19.4 Å². The number of unbranched alkanes of at least 4 members (excludes halogenated alkanes) is 1. The van der Waals surface area contributed by atoms with Crippen LogP contribution in [0.25, 0.3) is 0 Å². The van der Waals surface area contributed by atoms with Crippen molar-refractivity contribution in [2.75, 3.05) is 73.9 Å². The lowest BCUT2D eigenvalue weighted by Gasteiger charge is -2.35. The van der Waals surface area contributed by atoms with Crippen LogP contribution in [0.4, 0.5) is 0 Å². The first-order valence-corrected chi connectivity index (χ1v) is 11.3. The van der Waals surface area contributed by atoms with Crippen LogP contribution in [0.15, 0.2) is 23.2 Å². The van der Waals surface area contributed by atoms with Crippen molar-refractivity contribution >= 4 is 5.96 Å². The van der Waals surface area contributed by atoms with Crippen molar-refractivity contribution in [1.29, 1.82) is 0 Å². The van der Waals surface area contributed by atoms with Crippen LogP contribution in [0, 0.1) is 0 Å². The van der Waals surface area contributed by atoms with E-state index in [4.69, 9.17) is 18.9 Å². The van der Waals surface area contributed by atoms with E-state index in [-0.39, 0.29) is 6.04 Å². The Hall–Kier alpha value is -2.03. The zero-order chi connectivity index (χ0) is 22.3. The maximum absolute atomic E-state index is 5.62. The second-order valence-corrected chi connectivity index (χ2v) is 7.48. The largest absolute Gasteiger partial charge is 0.493 e. The average molecular weight is 437 g/mol. The first-order valence-electron chi connectivity index (χ1n) is 11.3. The summed E-state index contributed by atoms with van der Waals surface area (Å²) in [4.78, 5) is 6.81. The molecular formula is C23H40N4O4. The number of hydrogen-bond donors (Lipinski definition) is 2. The summed E-state index contributed by atoms with van der Waals surface area (Å²) in [5.41, 5.74) is 1.17. The molecule has 0 radical (unpaired) electrons. The Kier molecular flexibility index (Phi) is 12.1. The highest BCUT2D eigenvalue weighted by atomic mass is 16.5. The first-order chi connectivity index (χ1) is 15.2. The molecule has 1 fully saturated rings. The Morgan fingerprint density at radius 2 is 1.84 bits per heavy atom. The van der Waals surface area contributed by atoms with E-state index in [9.17, 15) is 0 Å². The van der Waals surface area contributed by atoms with Crippen molar-refractivity contribution in [3.63, 3.8) is 0 Å². The molecule has 1 aliphatic heterocycles. The summed E-state index contributed by atoms with van der Waals surface area (Å²) in [6.45, 7) is 8.61. The van der Waals surface area contributed by atoms with E-state index in [1.807, 2.05) is 6.07 Å². The number of guanidine groups is 1. The molecule has 31 heavy (non-hydrogen) atoms. The van der Waals surface area contributed by atoms with E-state index in [0.29, 0.717) is 0 Å². The first kappa shape index (κ1) is 25.2. The zero-order valence-corrected chi connectivity index (χ0v) is 19.6. The van der Waals surface area contributed by atoms with Crippen molar-refractivity contribution in [2.45, 2.75) is 32.2 Å². The molecule has 8 nitrogen and oxygen atoms in total. The molecule has 2 rings (SSSR count). The molecule has 0 bridgehead atoms. The Balaban J connectivity index is 1.95. The van der Waals surface area contributed by atoms with Gasteiger partial charge in [0.2, 0.25) is 0 Å². The standard InChI is InChI=1S/C23H40N4O4/c1-5-6-13-30-14-7-10-25-23(24-2)26-18-20(27-11-15-31-16-12-27)19-8-9-21(28-3)22(17-19)29-4/h8-9,17,20H,5-7,10-16,18H2,1-4H3,(H2,24,25,26). The van der Waals surface area contributed by atoms with Gasteiger partial charge in [-0.25, -0.2) is 0 Å². The van der Waals surface area contributed by atoms with Crippen molar-refractivity contribution in [1.82, 2.24) is 15.5 Å². The molecule has 1 atom stereocenters. The van der Waals surface area contributed by atoms with Crippen molar-refractivity contribution in [3.05, 3.63) is 23.8 Å². The number of benzene rings is 1. The van der Waals surface area contributed by atoms with Gasteiger partial charge in [-0.15, -0.1) is 0 Å². The second kappa shape index (κ2) is 14.9. The number of morpholine rings is 1. The van der Waals surface area contributed by atoms with E-state index >= 15 is 0 Å². The molecule has 0 saturated carbocycles. The van der Waals surface area contributed by atoms with Crippen LogP contribution in [0.1, 0.15) is 37.8 Å². The molecule has 1 unspecified atom stereocenters. The predicted molar refractivity (Wildman–Crippen MR) is 124 cm³/mol. The van der Waals surface area contributed by atoms with Gasteiger partial charge in [0, 0.05) is 46.4 Å². The van der Waals surface area contributed by atoms with Gasteiger partial charge < -0.3 is 29.6 Å². The lowest BCUT2D eigenvalue weighted by molar-refractivity contribution is 0.0169.